The average molecular weight is 278 g/mol. The average Bonchev–Trinajstić information content (AvgIpc) is 3.24. The lowest BCUT2D eigenvalue weighted by Gasteiger charge is -2.20. The molecule has 1 N–H and O–H groups in total. The molecule has 1 aliphatic heterocycles. The van der Waals surface area contributed by atoms with Gasteiger partial charge in [-0.25, -0.2) is 0 Å². The molecular formula is C14H18N2O4. The number of carbonyl (C=O) groups excluding carboxylic acids is 3. The van der Waals surface area contributed by atoms with Gasteiger partial charge in [0.15, 0.2) is 5.41 Å². The Labute approximate surface area is 117 Å². The highest BCUT2D eigenvalue weighted by Gasteiger charge is 2.52. The summed E-state index contributed by atoms with van der Waals surface area (Å²) < 4.78 is 5.01. The molecule has 6 nitrogen and oxygen atoms in total. The van der Waals surface area contributed by atoms with E-state index < -0.39 is 17.3 Å². The predicted octanol–water partition coefficient (Wildman–Crippen LogP) is 0.709. The van der Waals surface area contributed by atoms with Crippen LogP contribution in [0.3, 0.4) is 0 Å². The Morgan fingerprint density at radius 3 is 2.80 bits per heavy atom. The van der Waals surface area contributed by atoms with Gasteiger partial charge in [-0.3, -0.25) is 14.4 Å². The van der Waals surface area contributed by atoms with Gasteiger partial charge in [0.25, 0.3) is 0 Å². The third-order valence-corrected chi connectivity index (χ3v) is 3.83. The highest BCUT2D eigenvalue weighted by Crippen LogP contribution is 2.45. The van der Waals surface area contributed by atoms with Gasteiger partial charge in [0, 0.05) is 13.0 Å². The van der Waals surface area contributed by atoms with E-state index in [-0.39, 0.29) is 24.7 Å². The van der Waals surface area contributed by atoms with E-state index in [4.69, 9.17) is 10.00 Å². The van der Waals surface area contributed by atoms with Crippen LogP contribution in [0.4, 0.5) is 0 Å². The number of Topliss-reactive ketones (excluding diaryl/α,β-unsaturated/α-hetero) is 1. The highest BCUT2D eigenvalue weighted by molar-refractivity contribution is 6.01. The first-order valence-corrected chi connectivity index (χ1v) is 6.98. The maximum atomic E-state index is 11.9. The fourth-order valence-corrected chi connectivity index (χ4v) is 2.29. The Morgan fingerprint density at radius 2 is 2.20 bits per heavy atom. The number of carbonyl (C=O) groups is 3. The van der Waals surface area contributed by atoms with E-state index in [0.29, 0.717) is 32.2 Å². The summed E-state index contributed by atoms with van der Waals surface area (Å²) in [6.07, 6.45) is 3.16. The monoisotopic (exact) mass is 278 g/mol. The molecule has 1 amide bonds. The second kappa shape index (κ2) is 6.04. The maximum Gasteiger partial charge on any atom is 0.326 e. The summed E-state index contributed by atoms with van der Waals surface area (Å²) in [6, 6.07) is 1.96. The molecule has 20 heavy (non-hydrogen) atoms. The molecule has 0 radical (unpaired) electrons. The van der Waals surface area contributed by atoms with E-state index >= 15 is 0 Å². The van der Waals surface area contributed by atoms with Gasteiger partial charge in [0.05, 0.1) is 18.6 Å². The number of amides is 1. The van der Waals surface area contributed by atoms with Gasteiger partial charge >= 0.3 is 5.97 Å². The summed E-state index contributed by atoms with van der Waals surface area (Å²) in [5, 5.41) is 11.5. The van der Waals surface area contributed by atoms with Crippen molar-refractivity contribution in [1.29, 1.82) is 5.26 Å². The summed E-state index contributed by atoms with van der Waals surface area (Å²) in [5.41, 5.74) is -0.923. The van der Waals surface area contributed by atoms with Crippen molar-refractivity contribution in [3.8, 4) is 6.07 Å². The number of nitrogens with one attached hydrogen (secondary N) is 1. The predicted molar refractivity (Wildman–Crippen MR) is 68.2 cm³/mol. The molecule has 0 bridgehead atoms. The van der Waals surface area contributed by atoms with Crippen LogP contribution in [0.1, 0.15) is 38.5 Å². The maximum absolute atomic E-state index is 11.9. The molecule has 0 aromatic rings. The molecular weight excluding hydrogens is 260 g/mol. The van der Waals surface area contributed by atoms with Crippen molar-refractivity contribution in [2.24, 2.45) is 11.3 Å². The molecule has 2 rings (SSSR count). The Balaban J connectivity index is 1.66. The number of ether oxygens (including phenoxy) is 1. The summed E-state index contributed by atoms with van der Waals surface area (Å²) in [7, 11) is 0. The number of nitriles is 1. The van der Waals surface area contributed by atoms with E-state index in [2.05, 4.69) is 5.32 Å². The molecule has 0 unspecified atom stereocenters. The molecule has 1 aliphatic carbocycles. The van der Waals surface area contributed by atoms with Crippen LogP contribution in [0.5, 0.6) is 0 Å². The largest absolute Gasteiger partial charge is 0.464 e. The summed E-state index contributed by atoms with van der Waals surface area (Å²) in [4.78, 5) is 34.9. The normalized spacial score (nSPS) is 23.4. The fourth-order valence-electron chi connectivity index (χ4n) is 2.29. The number of esters is 1. The van der Waals surface area contributed by atoms with Crippen LogP contribution in [-0.2, 0) is 19.1 Å². The van der Waals surface area contributed by atoms with Crippen LogP contribution in [0.15, 0.2) is 0 Å². The zero-order valence-electron chi connectivity index (χ0n) is 11.3. The summed E-state index contributed by atoms with van der Waals surface area (Å²) in [5.74, 6) is -1.32. The Hall–Kier alpha value is -1.90. The van der Waals surface area contributed by atoms with Crippen LogP contribution in [0, 0.1) is 22.7 Å². The first-order chi connectivity index (χ1) is 9.59. The number of piperidine rings is 1. The highest BCUT2D eigenvalue weighted by atomic mass is 16.5. The molecule has 108 valence electrons. The third-order valence-electron chi connectivity index (χ3n) is 3.83. The number of hydrogen-bond acceptors (Lipinski definition) is 5. The van der Waals surface area contributed by atoms with Crippen LogP contribution in [0.25, 0.3) is 0 Å². The SMILES string of the molecule is N#CC1(C(=O)OCCCC(=O)[C@@H]2CCCNC2=O)CC1. The van der Waals surface area contributed by atoms with Gasteiger partial charge in [-0.15, -0.1) is 0 Å². The third kappa shape index (κ3) is 3.16. The van der Waals surface area contributed by atoms with Gasteiger partial charge in [-0.05, 0) is 32.1 Å². The minimum atomic E-state index is -0.923. The summed E-state index contributed by atoms with van der Waals surface area (Å²) >= 11 is 0. The van der Waals surface area contributed by atoms with Crippen molar-refractivity contribution < 1.29 is 19.1 Å². The topological polar surface area (TPSA) is 96.3 Å². The summed E-state index contributed by atoms with van der Waals surface area (Å²) in [6.45, 7) is 0.763. The molecule has 6 heteroatoms. The van der Waals surface area contributed by atoms with Crippen LogP contribution >= 0.6 is 0 Å². The number of ketones is 1. The van der Waals surface area contributed by atoms with E-state index in [1.165, 1.54) is 0 Å². The molecule has 1 saturated carbocycles. The van der Waals surface area contributed by atoms with E-state index in [1.54, 1.807) is 0 Å². The Morgan fingerprint density at radius 1 is 1.45 bits per heavy atom. The van der Waals surface area contributed by atoms with Gasteiger partial charge in [0.2, 0.25) is 5.91 Å². The number of hydrogen-bond donors (Lipinski definition) is 1. The smallest absolute Gasteiger partial charge is 0.326 e. The van der Waals surface area contributed by atoms with Crippen molar-refractivity contribution in [2.45, 2.75) is 38.5 Å². The molecule has 0 aromatic heterocycles. The lowest BCUT2D eigenvalue weighted by atomic mass is 9.92. The second-order valence-electron chi connectivity index (χ2n) is 5.39. The quantitative estimate of drug-likeness (QED) is 0.438. The van der Waals surface area contributed by atoms with Crippen molar-refractivity contribution in [3.05, 3.63) is 0 Å². The Bertz CT molecular complexity index is 462. The van der Waals surface area contributed by atoms with Gasteiger partial charge in [-0.1, -0.05) is 0 Å². The van der Waals surface area contributed by atoms with Gasteiger partial charge in [0.1, 0.15) is 5.78 Å². The molecule has 1 saturated heterocycles. The van der Waals surface area contributed by atoms with Crippen LogP contribution in [0.2, 0.25) is 0 Å². The molecule has 2 fully saturated rings. The first-order valence-electron chi connectivity index (χ1n) is 6.98. The van der Waals surface area contributed by atoms with Gasteiger partial charge < -0.3 is 10.1 Å². The molecule has 0 aromatic carbocycles. The molecule has 0 spiro atoms. The van der Waals surface area contributed by atoms with Crippen molar-refractivity contribution in [2.75, 3.05) is 13.2 Å². The molecule has 1 heterocycles. The minimum absolute atomic E-state index is 0.0975. The van der Waals surface area contributed by atoms with Crippen molar-refractivity contribution in [1.82, 2.24) is 5.32 Å². The Kier molecular flexibility index (Phi) is 4.38. The first kappa shape index (κ1) is 14.5. The zero-order chi connectivity index (χ0) is 14.6. The zero-order valence-corrected chi connectivity index (χ0v) is 11.3. The molecule has 1 atom stereocenters. The van der Waals surface area contributed by atoms with Gasteiger partial charge in [-0.2, -0.15) is 5.26 Å². The molecule has 2 aliphatic rings. The number of nitrogens with zero attached hydrogens (tertiary/aromatic N) is 1. The lowest BCUT2D eigenvalue weighted by molar-refractivity contribution is -0.148. The number of rotatable bonds is 6. The van der Waals surface area contributed by atoms with E-state index in [0.717, 1.165) is 6.42 Å². The fraction of sp³-hybridized carbons (Fsp3) is 0.714. The van der Waals surface area contributed by atoms with E-state index in [1.807, 2.05) is 6.07 Å². The minimum Gasteiger partial charge on any atom is -0.464 e. The van der Waals surface area contributed by atoms with Crippen LogP contribution < -0.4 is 5.32 Å². The van der Waals surface area contributed by atoms with E-state index in [9.17, 15) is 14.4 Å². The van der Waals surface area contributed by atoms with Crippen molar-refractivity contribution in [3.63, 3.8) is 0 Å². The standard InChI is InChI=1S/C14H18N2O4/c15-9-14(5-6-14)13(19)20-8-2-4-11(17)10-3-1-7-16-12(10)18/h10H,1-8H2,(H,16,18)/t10-/m0/s1. The lowest BCUT2D eigenvalue weighted by Crippen LogP contribution is -2.40. The van der Waals surface area contributed by atoms with Crippen molar-refractivity contribution >= 4 is 17.7 Å². The second-order valence-corrected chi connectivity index (χ2v) is 5.39. The van der Waals surface area contributed by atoms with Crippen LogP contribution in [-0.4, -0.2) is 30.8 Å².